The molecule has 0 aromatic heterocycles. The van der Waals surface area contributed by atoms with Crippen molar-refractivity contribution in [2.24, 2.45) is 0 Å². The number of carbonyl (C=O) groups excluding carboxylic acids is 1. The highest BCUT2D eigenvalue weighted by Crippen LogP contribution is 2.29. The summed E-state index contributed by atoms with van der Waals surface area (Å²) in [5.41, 5.74) is 2.33. The number of aryl methyl sites for hydroxylation is 1. The van der Waals surface area contributed by atoms with Crippen LogP contribution in [-0.2, 0) is 14.8 Å². The fraction of sp³-hybridized carbons (Fsp3) is 0.316. The summed E-state index contributed by atoms with van der Waals surface area (Å²) in [4.78, 5) is 12.7. The van der Waals surface area contributed by atoms with Crippen molar-refractivity contribution >= 4 is 44.8 Å². The summed E-state index contributed by atoms with van der Waals surface area (Å²) in [6.45, 7) is 5.36. The standard InChI is InChI=1S/C19H22Cl2N2O3S/c1-12-5-7-15(8-6-12)13(2)22-19(24)14(3)23(27(4,25)26)16-9-10-17(20)18(21)11-16/h5-11,13-14H,1-4H3,(H,22,24)/t13-,14+/m1/s1. The summed E-state index contributed by atoms with van der Waals surface area (Å²) in [5, 5.41) is 3.38. The number of nitrogens with zero attached hydrogens (tertiary/aromatic N) is 1. The van der Waals surface area contributed by atoms with E-state index in [-0.39, 0.29) is 16.8 Å². The van der Waals surface area contributed by atoms with Crippen molar-refractivity contribution in [3.8, 4) is 0 Å². The number of benzene rings is 2. The molecule has 2 rings (SSSR count). The second-order valence-corrected chi connectivity index (χ2v) is 9.15. The van der Waals surface area contributed by atoms with Gasteiger partial charge in [-0.15, -0.1) is 0 Å². The molecule has 0 saturated heterocycles. The van der Waals surface area contributed by atoms with Crippen LogP contribution in [0.15, 0.2) is 42.5 Å². The first-order valence-electron chi connectivity index (χ1n) is 8.32. The number of nitrogens with one attached hydrogen (secondary N) is 1. The number of amides is 1. The molecule has 1 N–H and O–H groups in total. The SMILES string of the molecule is Cc1ccc([C@@H](C)NC(=O)[C@H](C)N(c2ccc(Cl)c(Cl)c2)S(C)(=O)=O)cc1. The summed E-state index contributed by atoms with van der Waals surface area (Å²) in [7, 11) is -3.73. The van der Waals surface area contributed by atoms with Crippen molar-refractivity contribution in [3.05, 3.63) is 63.6 Å². The Morgan fingerprint density at radius 2 is 1.63 bits per heavy atom. The van der Waals surface area contributed by atoms with Crippen molar-refractivity contribution in [3.63, 3.8) is 0 Å². The van der Waals surface area contributed by atoms with Crippen LogP contribution in [0.1, 0.15) is 31.0 Å². The van der Waals surface area contributed by atoms with Gasteiger partial charge in [-0.3, -0.25) is 9.10 Å². The molecule has 0 aliphatic rings. The number of rotatable bonds is 6. The van der Waals surface area contributed by atoms with Crippen molar-refractivity contribution in [1.29, 1.82) is 0 Å². The number of sulfonamides is 1. The van der Waals surface area contributed by atoms with Gasteiger partial charge in [-0.1, -0.05) is 53.0 Å². The zero-order chi connectivity index (χ0) is 20.4. The van der Waals surface area contributed by atoms with Crippen molar-refractivity contribution in [1.82, 2.24) is 5.32 Å². The van der Waals surface area contributed by atoms with Gasteiger partial charge in [0.25, 0.3) is 0 Å². The summed E-state index contributed by atoms with van der Waals surface area (Å²) in [5.74, 6) is -0.417. The molecular weight excluding hydrogens is 407 g/mol. The number of hydrogen-bond acceptors (Lipinski definition) is 3. The largest absolute Gasteiger partial charge is 0.348 e. The van der Waals surface area contributed by atoms with Gasteiger partial charge in [0.2, 0.25) is 15.9 Å². The Morgan fingerprint density at radius 3 is 2.15 bits per heavy atom. The first-order chi connectivity index (χ1) is 12.5. The van der Waals surface area contributed by atoms with Gasteiger partial charge < -0.3 is 5.32 Å². The molecule has 1 amide bonds. The predicted molar refractivity (Wildman–Crippen MR) is 111 cm³/mol. The average molecular weight is 429 g/mol. The molecular formula is C19H22Cl2N2O3S. The normalized spacial score (nSPS) is 13.7. The van der Waals surface area contributed by atoms with Gasteiger partial charge in [-0.05, 0) is 44.5 Å². The Bertz CT molecular complexity index is 930. The van der Waals surface area contributed by atoms with Gasteiger partial charge in [-0.2, -0.15) is 0 Å². The zero-order valence-corrected chi connectivity index (χ0v) is 17.9. The molecule has 5 nitrogen and oxygen atoms in total. The highest BCUT2D eigenvalue weighted by Gasteiger charge is 2.30. The molecule has 146 valence electrons. The summed E-state index contributed by atoms with van der Waals surface area (Å²) in [6, 6.07) is 11.0. The molecule has 0 bridgehead atoms. The summed E-state index contributed by atoms with van der Waals surface area (Å²) < 4.78 is 25.7. The van der Waals surface area contributed by atoms with Crippen LogP contribution >= 0.6 is 23.2 Å². The Labute approximate surface area is 170 Å². The number of anilines is 1. The first kappa shape index (κ1) is 21.5. The quantitative estimate of drug-likeness (QED) is 0.743. The van der Waals surface area contributed by atoms with Gasteiger partial charge in [0.05, 0.1) is 28.0 Å². The monoisotopic (exact) mass is 428 g/mol. The van der Waals surface area contributed by atoms with Crippen LogP contribution in [-0.4, -0.2) is 26.6 Å². The minimum Gasteiger partial charge on any atom is -0.348 e. The van der Waals surface area contributed by atoms with Crippen molar-refractivity contribution in [2.75, 3.05) is 10.6 Å². The molecule has 0 fully saturated rings. The van der Waals surface area contributed by atoms with E-state index in [1.165, 1.54) is 25.1 Å². The van der Waals surface area contributed by atoms with Crippen molar-refractivity contribution in [2.45, 2.75) is 32.9 Å². The topological polar surface area (TPSA) is 66.5 Å². The highest BCUT2D eigenvalue weighted by molar-refractivity contribution is 7.92. The molecule has 2 atom stereocenters. The van der Waals surface area contributed by atoms with Crippen LogP contribution in [0.2, 0.25) is 10.0 Å². The van der Waals surface area contributed by atoms with E-state index in [1.807, 2.05) is 38.1 Å². The third-order valence-corrected chi connectivity index (χ3v) is 6.16. The maximum absolute atomic E-state index is 12.7. The Kier molecular flexibility index (Phi) is 6.78. The number of carbonyl (C=O) groups is 1. The Balaban J connectivity index is 2.26. The Morgan fingerprint density at radius 1 is 1.04 bits per heavy atom. The molecule has 0 spiro atoms. The van der Waals surface area contributed by atoms with Crippen LogP contribution in [0.4, 0.5) is 5.69 Å². The van der Waals surface area contributed by atoms with E-state index in [2.05, 4.69) is 5.32 Å². The lowest BCUT2D eigenvalue weighted by Gasteiger charge is -2.29. The van der Waals surface area contributed by atoms with Crippen LogP contribution in [0.5, 0.6) is 0 Å². The molecule has 27 heavy (non-hydrogen) atoms. The van der Waals surface area contributed by atoms with E-state index in [9.17, 15) is 13.2 Å². The minimum atomic E-state index is -3.73. The number of hydrogen-bond donors (Lipinski definition) is 1. The molecule has 8 heteroatoms. The third-order valence-electron chi connectivity index (χ3n) is 4.18. The van der Waals surface area contributed by atoms with Crippen LogP contribution in [0.3, 0.4) is 0 Å². The van der Waals surface area contributed by atoms with Gasteiger partial charge >= 0.3 is 0 Å². The van der Waals surface area contributed by atoms with Crippen molar-refractivity contribution < 1.29 is 13.2 Å². The molecule has 0 radical (unpaired) electrons. The third kappa shape index (κ3) is 5.37. The Hall–Kier alpha value is -1.76. The number of halogens is 2. The average Bonchev–Trinajstić information content (AvgIpc) is 2.57. The van der Waals surface area contributed by atoms with E-state index >= 15 is 0 Å². The highest BCUT2D eigenvalue weighted by atomic mass is 35.5. The molecule has 2 aromatic rings. The van der Waals surface area contributed by atoms with Gasteiger partial charge in [0.15, 0.2) is 0 Å². The smallest absolute Gasteiger partial charge is 0.244 e. The van der Waals surface area contributed by atoms with Gasteiger partial charge in [-0.25, -0.2) is 8.42 Å². The van der Waals surface area contributed by atoms with Crippen LogP contribution in [0.25, 0.3) is 0 Å². The van der Waals surface area contributed by atoms with Gasteiger partial charge in [0.1, 0.15) is 6.04 Å². The maximum atomic E-state index is 12.7. The van der Waals surface area contributed by atoms with E-state index < -0.39 is 22.0 Å². The van der Waals surface area contributed by atoms with E-state index in [1.54, 1.807) is 0 Å². The van der Waals surface area contributed by atoms with Crippen LogP contribution in [0, 0.1) is 6.92 Å². The molecule has 0 aliphatic heterocycles. The van der Waals surface area contributed by atoms with E-state index in [4.69, 9.17) is 23.2 Å². The van der Waals surface area contributed by atoms with E-state index in [0.717, 1.165) is 21.7 Å². The molecule has 0 unspecified atom stereocenters. The van der Waals surface area contributed by atoms with Crippen LogP contribution < -0.4 is 9.62 Å². The molecule has 0 aliphatic carbocycles. The lowest BCUT2D eigenvalue weighted by Crippen LogP contribution is -2.48. The second kappa shape index (κ2) is 8.50. The first-order valence-corrected chi connectivity index (χ1v) is 10.9. The van der Waals surface area contributed by atoms with E-state index in [0.29, 0.717) is 5.02 Å². The maximum Gasteiger partial charge on any atom is 0.244 e. The fourth-order valence-corrected chi connectivity index (χ4v) is 4.16. The molecule has 0 heterocycles. The summed E-state index contributed by atoms with van der Waals surface area (Å²) in [6.07, 6.45) is 1.04. The predicted octanol–water partition coefficient (Wildman–Crippen LogP) is 4.33. The lowest BCUT2D eigenvalue weighted by molar-refractivity contribution is -0.122. The lowest BCUT2D eigenvalue weighted by atomic mass is 10.1. The molecule has 0 saturated carbocycles. The van der Waals surface area contributed by atoms with Gasteiger partial charge in [0, 0.05) is 0 Å². The zero-order valence-electron chi connectivity index (χ0n) is 15.5. The molecule has 2 aromatic carbocycles. The second-order valence-electron chi connectivity index (χ2n) is 6.47. The minimum absolute atomic E-state index is 0.212. The fourth-order valence-electron chi connectivity index (χ4n) is 2.70. The summed E-state index contributed by atoms with van der Waals surface area (Å²) >= 11 is 11.9.